The highest BCUT2D eigenvalue weighted by molar-refractivity contribution is 7.92. The van der Waals surface area contributed by atoms with Crippen molar-refractivity contribution in [2.24, 2.45) is 10.9 Å². The van der Waals surface area contributed by atoms with Gasteiger partial charge in [-0.25, -0.2) is 12.8 Å². The molecule has 0 fully saturated rings. The molecule has 1 atom stereocenters. The summed E-state index contributed by atoms with van der Waals surface area (Å²) < 4.78 is 36.2. The second kappa shape index (κ2) is 5.87. The molecule has 1 aromatic carbocycles. The van der Waals surface area contributed by atoms with Gasteiger partial charge in [0.2, 0.25) is 5.91 Å². The minimum Gasteiger partial charge on any atom is -0.409 e. The minimum atomic E-state index is -3.59. The molecule has 0 aliphatic rings. The van der Waals surface area contributed by atoms with Gasteiger partial charge >= 0.3 is 0 Å². The Bertz CT molecular complexity index is 658. The summed E-state index contributed by atoms with van der Waals surface area (Å²) in [5, 5.41) is 12.2. The molecule has 1 rings (SSSR count). The minimum absolute atomic E-state index is 0.0826. The van der Waals surface area contributed by atoms with Crippen molar-refractivity contribution in [1.82, 2.24) is 0 Å². The van der Waals surface area contributed by atoms with E-state index in [0.717, 1.165) is 12.3 Å². The molecule has 0 heterocycles. The molecule has 20 heavy (non-hydrogen) atoms. The fourth-order valence-electron chi connectivity index (χ4n) is 1.37. The number of hydrogen-bond acceptors (Lipinski definition) is 5. The summed E-state index contributed by atoms with van der Waals surface area (Å²) in [6.07, 6.45) is 0.910. The van der Waals surface area contributed by atoms with Crippen molar-refractivity contribution in [2.75, 3.05) is 11.6 Å². The second-order valence-electron chi connectivity index (χ2n) is 4.11. The predicted octanol–water partition coefficient (Wildman–Crippen LogP) is 0.292. The van der Waals surface area contributed by atoms with Crippen LogP contribution in [0.25, 0.3) is 0 Å². The van der Waals surface area contributed by atoms with Gasteiger partial charge < -0.3 is 16.3 Å². The number of hydrogen-bond donors (Lipinski definition) is 3. The molecule has 0 saturated heterocycles. The second-order valence-corrected chi connectivity index (χ2v) is 6.47. The Balaban J connectivity index is 3.17. The Morgan fingerprint density at radius 1 is 1.50 bits per heavy atom. The SMILES string of the molecule is CC(C(=O)Nc1cccc(F)c1/C(N)=N/O)S(C)(=O)=O. The maximum absolute atomic E-state index is 13.6. The van der Waals surface area contributed by atoms with Crippen LogP contribution in [-0.4, -0.2) is 36.9 Å². The number of nitrogens with two attached hydrogens (primary N) is 1. The van der Waals surface area contributed by atoms with Crippen LogP contribution >= 0.6 is 0 Å². The first kappa shape index (κ1) is 15.9. The molecule has 1 amide bonds. The fourth-order valence-corrected chi connectivity index (χ4v) is 1.82. The molecule has 0 aromatic heterocycles. The smallest absolute Gasteiger partial charge is 0.242 e. The Hall–Kier alpha value is -2.16. The zero-order chi connectivity index (χ0) is 15.5. The summed E-state index contributed by atoms with van der Waals surface area (Å²) in [7, 11) is -3.59. The van der Waals surface area contributed by atoms with E-state index in [1.54, 1.807) is 0 Å². The zero-order valence-electron chi connectivity index (χ0n) is 10.8. The number of nitrogens with one attached hydrogen (secondary N) is 1. The normalized spacial score (nSPS) is 13.8. The molecule has 0 bridgehead atoms. The summed E-state index contributed by atoms with van der Waals surface area (Å²) in [5.74, 6) is -2.19. The Kier molecular flexibility index (Phi) is 4.66. The number of carbonyl (C=O) groups excluding carboxylic acids is 1. The molecule has 0 aliphatic heterocycles. The average molecular weight is 303 g/mol. The summed E-state index contributed by atoms with van der Waals surface area (Å²) in [5.41, 5.74) is 4.93. The first-order valence-corrected chi connectivity index (χ1v) is 7.40. The Morgan fingerprint density at radius 2 is 2.10 bits per heavy atom. The summed E-state index contributed by atoms with van der Waals surface area (Å²) in [6, 6.07) is 3.66. The van der Waals surface area contributed by atoms with Crippen LogP contribution in [0.3, 0.4) is 0 Å². The van der Waals surface area contributed by atoms with Crippen molar-refractivity contribution in [2.45, 2.75) is 12.2 Å². The van der Waals surface area contributed by atoms with E-state index in [0.29, 0.717) is 0 Å². The highest BCUT2D eigenvalue weighted by atomic mass is 32.2. The number of halogens is 1. The van der Waals surface area contributed by atoms with E-state index in [-0.39, 0.29) is 11.3 Å². The van der Waals surface area contributed by atoms with Gasteiger partial charge in [0.05, 0.1) is 11.3 Å². The Labute approximate surface area is 115 Å². The number of benzene rings is 1. The van der Waals surface area contributed by atoms with Crippen LogP contribution in [0.4, 0.5) is 10.1 Å². The van der Waals surface area contributed by atoms with Crippen LogP contribution < -0.4 is 11.1 Å². The standard InChI is InChI=1S/C11H14FN3O4S/c1-6(20(2,18)19)11(16)14-8-5-3-4-7(12)9(8)10(13)15-17/h3-6,17H,1-2H3,(H2,13,15)(H,14,16). The van der Waals surface area contributed by atoms with E-state index in [9.17, 15) is 17.6 Å². The third-order valence-corrected chi connectivity index (χ3v) is 4.15. The van der Waals surface area contributed by atoms with Crippen LogP contribution in [0, 0.1) is 5.82 Å². The summed E-state index contributed by atoms with van der Waals surface area (Å²) >= 11 is 0. The van der Waals surface area contributed by atoms with E-state index < -0.39 is 32.6 Å². The Morgan fingerprint density at radius 3 is 2.60 bits per heavy atom. The summed E-state index contributed by atoms with van der Waals surface area (Å²) in [4.78, 5) is 11.8. The van der Waals surface area contributed by atoms with Crippen molar-refractivity contribution in [3.05, 3.63) is 29.6 Å². The lowest BCUT2D eigenvalue weighted by atomic mass is 10.1. The van der Waals surface area contributed by atoms with Crippen molar-refractivity contribution >= 4 is 27.3 Å². The number of oxime groups is 1. The lowest BCUT2D eigenvalue weighted by Gasteiger charge is -2.13. The highest BCUT2D eigenvalue weighted by Crippen LogP contribution is 2.19. The van der Waals surface area contributed by atoms with Gasteiger partial charge in [0.15, 0.2) is 15.7 Å². The van der Waals surface area contributed by atoms with Gasteiger partial charge in [-0.1, -0.05) is 11.2 Å². The molecular formula is C11H14FN3O4S. The molecule has 9 heteroatoms. The molecule has 0 radical (unpaired) electrons. The van der Waals surface area contributed by atoms with Crippen molar-refractivity contribution in [3.63, 3.8) is 0 Å². The number of sulfone groups is 1. The van der Waals surface area contributed by atoms with E-state index >= 15 is 0 Å². The number of nitrogens with zero attached hydrogens (tertiary/aromatic N) is 1. The number of amides is 1. The van der Waals surface area contributed by atoms with Gasteiger partial charge in [-0.05, 0) is 19.1 Å². The van der Waals surface area contributed by atoms with E-state index in [4.69, 9.17) is 10.9 Å². The van der Waals surface area contributed by atoms with E-state index in [1.165, 1.54) is 19.1 Å². The molecular weight excluding hydrogens is 289 g/mol. The quantitative estimate of drug-likeness (QED) is 0.319. The number of carbonyl (C=O) groups is 1. The molecule has 4 N–H and O–H groups in total. The van der Waals surface area contributed by atoms with Gasteiger partial charge in [0.25, 0.3) is 0 Å². The molecule has 110 valence electrons. The van der Waals surface area contributed by atoms with Gasteiger partial charge in [-0.15, -0.1) is 0 Å². The molecule has 0 spiro atoms. The maximum atomic E-state index is 13.6. The first-order valence-electron chi connectivity index (χ1n) is 5.44. The van der Waals surface area contributed by atoms with Gasteiger partial charge in [0.1, 0.15) is 11.1 Å². The van der Waals surface area contributed by atoms with Crippen LogP contribution in [0.5, 0.6) is 0 Å². The van der Waals surface area contributed by atoms with Crippen LogP contribution in [0.1, 0.15) is 12.5 Å². The molecule has 0 saturated carbocycles. The molecule has 1 aromatic rings. The molecule has 1 unspecified atom stereocenters. The van der Waals surface area contributed by atoms with Crippen LogP contribution in [0.15, 0.2) is 23.4 Å². The van der Waals surface area contributed by atoms with Crippen LogP contribution in [0.2, 0.25) is 0 Å². The predicted molar refractivity (Wildman–Crippen MR) is 71.8 cm³/mol. The number of rotatable bonds is 4. The first-order chi connectivity index (χ1) is 9.18. The van der Waals surface area contributed by atoms with E-state index in [2.05, 4.69) is 10.5 Å². The van der Waals surface area contributed by atoms with Crippen molar-refractivity contribution in [1.29, 1.82) is 0 Å². The monoisotopic (exact) mass is 303 g/mol. The fraction of sp³-hybridized carbons (Fsp3) is 0.273. The van der Waals surface area contributed by atoms with Crippen LogP contribution in [-0.2, 0) is 14.6 Å². The van der Waals surface area contributed by atoms with Gasteiger partial charge in [-0.2, -0.15) is 0 Å². The van der Waals surface area contributed by atoms with Crippen molar-refractivity contribution in [3.8, 4) is 0 Å². The van der Waals surface area contributed by atoms with Gasteiger partial charge in [-0.3, -0.25) is 4.79 Å². The topological polar surface area (TPSA) is 122 Å². The number of amidine groups is 1. The van der Waals surface area contributed by atoms with Crippen molar-refractivity contribution < 1.29 is 22.8 Å². The summed E-state index contributed by atoms with van der Waals surface area (Å²) in [6.45, 7) is 1.20. The molecule has 0 aliphatic carbocycles. The molecule has 7 nitrogen and oxygen atoms in total. The maximum Gasteiger partial charge on any atom is 0.242 e. The lowest BCUT2D eigenvalue weighted by molar-refractivity contribution is -0.115. The van der Waals surface area contributed by atoms with Gasteiger partial charge in [0, 0.05) is 6.26 Å². The third-order valence-electron chi connectivity index (χ3n) is 2.65. The highest BCUT2D eigenvalue weighted by Gasteiger charge is 2.25. The van der Waals surface area contributed by atoms with E-state index in [1.807, 2.05) is 0 Å². The number of anilines is 1. The zero-order valence-corrected chi connectivity index (χ0v) is 11.6. The lowest BCUT2D eigenvalue weighted by Crippen LogP contribution is -2.32. The largest absolute Gasteiger partial charge is 0.409 e. The third kappa shape index (κ3) is 3.44. The average Bonchev–Trinajstić information content (AvgIpc) is 2.36.